The van der Waals surface area contributed by atoms with Gasteiger partial charge in [-0.05, 0) is 96.5 Å². The summed E-state index contributed by atoms with van der Waals surface area (Å²) in [6.45, 7) is 6.77. The molecule has 0 aliphatic heterocycles. The number of unbranched alkanes of at least 4 members (excludes halogenated alkanes) is 1. The molecule has 0 saturated heterocycles. The first-order valence-electron chi connectivity index (χ1n) is 19.0. The van der Waals surface area contributed by atoms with Crippen LogP contribution in [0.3, 0.4) is 0 Å². The molecule has 0 radical (unpaired) electrons. The predicted molar refractivity (Wildman–Crippen MR) is 205 cm³/mol. The van der Waals surface area contributed by atoms with E-state index in [0.29, 0.717) is 44.9 Å². The van der Waals surface area contributed by atoms with Crippen LogP contribution in [0.5, 0.6) is 0 Å². The van der Waals surface area contributed by atoms with Gasteiger partial charge in [0.05, 0.1) is 29.1 Å². The molecule has 12 heteroatoms. The highest BCUT2D eigenvalue weighted by Gasteiger charge is 2.40. The lowest BCUT2D eigenvalue weighted by Gasteiger charge is -2.26. The lowest BCUT2D eigenvalue weighted by molar-refractivity contribution is -0.175. The summed E-state index contributed by atoms with van der Waals surface area (Å²) in [4.78, 5) is 50.0. The summed E-state index contributed by atoms with van der Waals surface area (Å²) in [5, 5.41) is 31.7. The van der Waals surface area contributed by atoms with Gasteiger partial charge in [-0.15, -0.1) is 24.7 Å². The van der Waals surface area contributed by atoms with Crippen LogP contribution >= 0.6 is 0 Å². The van der Waals surface area contributed by atoms with E-state index < -0.39 is 78.8 Å². The third-order valence-electron chi connectivity index (χ3n) is 9.60. The maximum Gasteiger partial charge on any atom is 0.511 e. The van der Waals surface area contributed by atoms with Crippen LogP contribution < -0.4 is 0 Å². The highest BCUT2D eigenvalue weighted by molar-refractivity contribution is 5.77. The van der Waals surface area contributed by atoms with Gasteiger partial charge in [0.2, 0.25) is 6.29 Å². The topological polar surface area (TPSA) is 175 Å². The number of aliphatic hydroxyl groups is 3. The molecule has 1 aliphatic rings. The molecule has 1 aromatic rings. The molecule has 0 bridgehead atoms. The number of benzene rings is 1. The van der Waals surface area contributed by atoms with Crippen LogP contribution in [-0.4, -0.2) is 83.3 Å². The van der Waals surface area contributed by atoms with E-state index in [-0.39, 0.29) is 31.1 Å². The molecular weight excluding hydrogens is 708 g/mol. The molecule has 0 spiro atoms. The van der Waals surface area contributed by atoms with Gasteiger partial charge in [0.15, 0.2) is 6.10 Å². The number of terminal acetylenes is 2. The van der Waals surface area contributed by atoms with Gasteiger partial charge in [-0.25, -0.2) is 4.79 Å². The summed E-state index contributed by atoms with van der Waals surface area (Å²) in [6.07, 6.45) is 13.9. The standard InChI is InChI=1S/C43H60O12/c1-8-25-42(4,5)39(48)51-28-33(55-40(49)43(6,7)26-9-2)29-52-41(50)54-30(3)53-38(47)20-16-11-10-15-19-34-35(37(46)27-36(34)45)24-23-32(44)22-21-31-17-13-12-14-18-31/h1-2,10,12-15,17-18,30,32-37,44-46H,11,16,19-29H2,3-7H3/b15-10-/t30?,32-,33?,34+,35+,36-,37+/m0/s1. The summed E-state index contributed by atoms with van der Waals surface area (Å²) in [5.41, 5.74) is -0.886. The van der Waals surface area contributed by atoms with E-state index >= 15 is 0 Å². The van der Waals surface area contributed by atoms with Crippen LogP contribution in [-0.2, 0) is 44.5 Å². The van der Waals surface area contributed by atoms with Crippen molar-refractivity contribution in [1.82, 2.24) is 0 Å². The van der Waals surface area contributed by atoms with Crippen molar-refractivity contribution in [3.8, 4) is 24.7 Å². The molecule has 3 N–H and O–H groups in total. The van der Waals surface area contributed by atoms with E-state index in [2.05, 4.69) is 11.8 Å². The highest BCUT2D eigenvalue weighted by atomic mass is 16.8. The minimum atomic E-state index is -1.28. The summed E-state index contributed by atoms with van der Waals surface area (Å²) >= 11 is 0. The molecule has 0 amide bonds. The predicted octanol–water partition coefficient (Wildman–Crippen LogP) is 5.83. The summed E-state index contributed by atoms with van der Waals surface area (Å²) in [5.74, 6) is 2.65. The number of esters is 3. The van der Waals surface area contributed by atoms with Crippen LogP contribution in [0.1, 0.15) is 104 Å². The van der Waals surface area contributed by atoms with Crippen molar-refractivity contribution < 1.29 is 58.2 Å². The van der Waals surface area contributed by atoms with E-state index in [1.807, 2.05) is 42.5 Å². The Kier molecular flexibility index (Phi) is 20.0. The second-order valence-corrected chi connectivity index (χ2v) is 15.4. The number of hydrogen-bond acceptors (Lipinski definition) is 12. The Hall–Kier alpha value is -4.36. The van der Waals surface area contributed by atoms with Gasteiger partial charge < -0.3 is 39.0 Å². The number of rotatable bonds is 23. The van der Waals surface area contributed by atoms with Crippen LogP contribution in [0.15, 0.2) is 42.5 Å². The Morgan fingerprint density at radius 3 is 2.13 bits per heavy atom. The van der Waals surface area contributed by atoms with Crippen LogP contribution in [0.4, 0.5) is 4.79 Å². The Morgan fingerprint density at radius 2 is 1.47 bits per heavy atom. The van der Waals surface area contributed by atoms with Crippen molar-refractivity contribution in [3.05, 3.63) is 48.0 Å². The van der Waals surface area contributed by atoms with E-state index in [1.165, 1.54) is 12.5 Å². The van der Waals surface area contributed by atoms with Gasteiger partial charge in [-0.2, -0.15) is 0 Å². The molecule has 12 nitrogen and oxygen atoms in total. The van der Waals surface area contributed by atoms with Crippen molar-refractivity contribution >= 4 is 24.1 Å². The largest absolute Gasteiger partial charge is 0.511 e. The first kappa shape index (κ1) is 46.8. The van der Waals surface area contributed by atoms with E-state index in [9.17, 15) is 34.5 Å². The number of hydrogen-bond donors (Lipinski definition) is 3. The van der Waals surface area contributed by atoms with Gasteiger partial charge in [-0.3, -0.25) is 14.4 Å². The molecule has 55 heavy (non-hydrogen) atoms. The van der Waals surface area contributed by atoms with Gasteiger partial charge in [0.1, 0.15) is 13.2 Å². The zero-order valence-corrected chi connectivity index (χ0v) is 32.9. The first-order valence-corrected chi connectivity index (χ1v) is 19.0. The third kappa shape index (κ3) is 17.3. The Balaban J connectivity index is 1.75. The lowest BCUT2D eigenvalue weighted by Crippen LogP contribution is -2.38. The molecule has 0 heterocycles. The van der Waals surface area contributed by atoms with Crippen molar-refractivity contribution in [3.63, 3.8) is 0 Å². The van der Waals surface area contributed by atoms with E-state index in [1.54, 1.807) is 27.7 Å². The second-order valence-electron chi connectivity index (χ2n) is 15.4. The molecule has 2 rings (SSSR count). The maximum absolute atomic E-state index is 12.7. The fourth-order valence-corrected chi connectivity index (χ4v) is 6.19. The van der Waals surface area contributed by atoms with E-state index in [4.69, 9.17) is 36.5 Å². The van der Waals surface area contributed by atoms with Crippen LogP contribution in [0.2, 0.25) is 0 Å². The number of carbonyl (C=O) groups is 4. The van der Waals surface area contributed by atoms with Gasteiger partial charge >= 0.3 is 24.1 Å². The summed E-state index contributed by atoms with van der Waals surface area (Å²) in [6, 6.07) is 9.97. The fourth-order valence-electron chi connectivity index (χ4n) is 6.19. The molecule has 1 aromatic carbocycles. The Bertz CT molecular complexity index is 1470. The van der Waals surface area contributed by atoms with Crippen molar-refractivity contribution in [2.75, 3.05) is 13.2 Å². The van der Waals surface area contributed by atoms with Gasteiger partial charge in [0, 0.05) is 26.2 Å². The second kappa shape index (κ2) is 23.5. The minimum Gasteiger partial charge on any atom is -0.461 e. The molecular formula is C43H60O12. The summed E-state index contributed by atoms with van der Waals surface area (Å²) in [7, 11) is 0. The SMILES string of the molecule is C#CCC(C)(C)C(=O)OCC(COC(=O)OC(C)OC(=O)CCC/C=C\C[C@@H]1[C@@H](CC[C@@H](O)CCc2ccccc2)[C@H](O)C[C@@H]1O)OC(=O)C(C)(C)CC#C. The van der Waals surface area contributed by atoms with Crippen LogP contribution in [0.25, 0.3) is 0 Å². The van der Waals surface area contributed by atoms with Crippen LogP contribution in [0, 0.1) is 47.4 Å². The first-order chi connectivity index (χ1) is 26.0. The van der Waals surface area contributed by atoms with Crippen molar-refractivity contribution in [2.45, 2.75) is 136 Å². The monoisotopic (exact) mass is 768 g/mol. The highest BCUT2D eigenvalue weighted by Crippen LogP contribution is 2.38. The number of aryl methyl sites for hydroxylation is 1. The molecule has 304 valence electrons. The van der Waals surface area contributed by atoms with Crippen molar-refractivity contribution in [2.24, 2.45) is 22.7 Å². The summed E-state index contributed by atoms with van der Waals surface area (Å²) < 4.78 is 26.0. The smallest absolute Gasteiger partial charge is 0.461 e. The Labute approximate surface area is 326 Å². The normalized spacial score (nSPS) is 20.0. The van der Waals surface area contributed by atoms with Crippen molar-refractivity contribution in [1.29, 1.82) is 0 Å². The zero-order valence-electron chi connectivity index (χ0n) is 32.9. The number of aliphatic hydroxyl groups excluding tert-OH is 3. The molecule has 0 aromatic heterocycles. The van der Waals surface area contributed by atoms with Gasteiger partial charge in [0.25, 0.3) is 0 Å². The molecule has 1 aliphatic carbocycles. The third-order valence-corrected chi connectivity index (χ3v) is 9.60. The quantitative estimate of drug-likeness (QED) is 0.0304. The molecule has 1 fully saturated rings. The zero-order chi connectivity index (χ0) is 41.0. The maximum atomic E-state index is 12.7. The molecule has 7 atom stereocenters. The Morgan fingerprint density at radius 1 is 0.855 bits per heavy atom. The van der Waals surface area contributed by atoms with E-state index in [0.717, 1.165) is 6.42 Å². The average Bonchev–Trinajstić information content (AvgIpc) is 3.39. The fraction of sp³-hybridized carbons (Fsp3) is 0.628. The minimum absolute atomic E-state index is 0.0498. The number of allylic oxidation sites excluding steroid dienone is 2. The molecule has 2 unspecified atom stereocenters. The lowest BCUT2D eigenvalue weighted by atomic mass is 9.85. The number of carbonyl (C=O) groups excluding carboxylic acids is 4. The average molecular weight is 769 g/mol. The van der Waals surface area contributed by atoms with Gasteiger partial charge in [-0.1, -0.05) is 42.5 Å². The number of ether oxygens (including phenoxy) is 5. The molecule has 1 saturated carbocycles.